The maximum atomic E-state index is 12.7. The maximum Gasteiger partial charge on any atom is 0.306 e. The van der Waals surface area contributed by atoms with Gasteiger partial charge in [-0.1, -0.05) is 167 Å². The fraction of sp³-hybridized carbons (Fsp3) is 0.911. The third-order valence-electron chi connectivity index (χ3n) is 10.7. The van der Waals surface area contributed by atoms with Crippen molar-refractivity contribution < 1.29 is 49.0 Å². The van der Waals surface area contributed by atoms with Gasteiger partial charge in [-0.05, 0) is 38.5 Å². The second kappa shape index (κ2) is 36.8. The number of allylic oxidation sites excluding steroid dienone is 2. The van der Waals surface area contributed by atoms with Crippen LogP contribution in [-0.4, -0.2) is 89.0 Å². The molecule has 0 radical (unpaired) electrons. The first-order chi connectivity index (χ1) is 26.8. The molecule has 1 aliphatic heterocycles. The molecule has 0 amide bonds. The number of hydrogen-bond acceptors (Lipinski definition) is 10. The second-order valence-corrected chi connectivity index (χ2v) is 15.9. The summed E-state index contributed by atoms with van der Waals surface area (Å²) < 4.78 is 22.1. The summed E-state index contributed by atoms with van der Waals surface area (Å²) >= 11 is 0. The standard InChI is InChI=1S/C45H84O10/c1-3-5-7-9-11-13-15-17-18-19-20-21-22-24-25-27-29-31-33-40(47)52-36-38(37-53-45-44(51)43(50)42(49)39(35-46)55-45)54-41(48)34-32-30-28-26-23-16-14-12-10-8-6-4-2/h12,14,38-39,42-46,49-51H,3-11,13,15-37H2,1-2H3/b14-12-. The van der Waals surface area contributed by atoms with Crippen molar-refractivity contribution in [1.82, 2.24) is 0 Å². The number of ether oxygens (including phenoxy) is 4. The van der Waals surface area contributed by atoms with E-state index in [1.165, 1.54) is 116 Å². The Kier molecular flexibility index (Phi) is 34.4. The molecule has 0 bridgehead atoms. The number of esters is 2. The molecule has 1 fully saturated rings. The van der Waals surface area contributed by atoms with E-state index in [1.807, 2.05) is 0 Å². The maximum absolute atomic E-state index is 12.7. The van der Waals surface area contributed by atoms with Crippen molar-refractivity contribution in [3.05, 3.63) is 12.2 Å². The first-order valence-electron chi connectivity index (χ1n) is 22.8. The van der Waals surface area contributed by atoms with E-state index in [4.69, 9.17) is 18.9 Å². The minimum atomic E-state index is -1.59. The molecular weight excluding hydrogens is 700 g/mol. The van der Waals surface area contributed by atoms with E-state index in [2.05, 4.69) is 26.0 Å². The summed E-state index contributed by atoms with van der Waals surface area (Å²) in [7, 11) is 0. The van der Waals surface area contributed by atoms with Gasteiger partial charge in [0.05, 0.1) is 13.2 Å². The Morgan fingerprint density at radius 1 is 0.545 bits per heavy atom. The highest BCUT2D eigenvalue weighted by molar-refractivity contribution is 5.70. The van der Waals surface area contributed by atoms with E-state index in [9.17, 15) is 30.0 Å². The van der Waals surface area contributed by atoms with Crippen LogP contribution in [0.1, 0.15) is 206 Å². The van der Waals surface area contributed by atoms with Gasteiger partial charge < -0.3 is 39.4 Å². The van der Waals surface area contributed by atoms with Crippen molar-refractivity contribution in [1.29, 1.82) is 0 Å². The van der Waals surface area contributed by atoms with Gasteiger partial charge >= 0.3 is 11.9 Å². The fourth-order valence-corrected chi connectivity index (χ4v) is 7.01. The third kappa shape index (κ3) is 28.5. The van der Waals surface area contributed by atoms with E-state index in [1.54, 1.807) is 0 Å². The molecule has 1 rings (SSSR count). The van der Waals surface area contributed by atoms with E-state index in [0.717, 1.165) is 57.8 Å². The Bertz CT molecular complexity index is 912. The number of carbonyl (C=O) groups is 2. The molecule has 6 unspecified atom stereocenters. The van der Waals surface area contributed by atoms with Crippen molar-refractivity contribution in [2.75, 3.05) is 19.8 Å². The lowest BCUT2D eigenvalue weighted by molar-refractivity contribution is -0.305. The van der Waals surface area contributed by atoms with Crippen LogP contribution < -0.4 is 0 Å². The van der Waals surface area contributed by atoms with Gasteiger partial charge in [-0.25, -0.2) is 0 Å². The number of carbonyl (C=O) groups excluding carboxylic acids is 2. The van der Waals surface area contributed by atoms with Gasteiger partial charge in [-0.15, -0.1) is 0 Å². The molecule has 0 aromatic heterocycles. The quantitative estimate of drug-likeness (QED) is 0.0271. The largest absolute Gasteiger partial charge is 0.462 e. The summed E-state index contributed by atoms with van der Waals surface area (Å²) in [6.07, 6.45) is 30.8. The molecule has 1 saturated heterocycles. The molecule has 324 valence electrons. The van der Waals surface area contributed by atoms with Crippen LogP contribution in [0.4, 0.5) is 0 Å². The third-order valence-corrected chi connectivity index (χ3v) is 10.7. The molecule has 0 aromatic carbocycles. The van der Waals surface area contributed by atoms with Crippen molar-refractivity contribution in [2.24, 2.45) is 0 Å². The zero-order chi connectivity index (χ0) is 40.2. The first kappa shape index (κ1) is 51.5. The summed E-state index contributed by atoms with van der Waals surface area (Å²) in [6.45, 7) is 3.41. The topological polar surface area (TPSA) is 152 Å². The summed E-state index contributed by atoms with van der Waals surface area (Å²) in [5.41, 5.74) is 0. The van der Waals surface area contributed by atoms with Gasteiger partial charge in [-0.2, -0.15) is 0 Å². The van der Waals surface area contributed by atoms with Crippen LogP contribution in [0.2, 0.25) is 0 Å². The van der Waals surface area contributed by atoms with Gasteiger partial charge in [0, 0.05) is 12.8 Å². The number of aliphatic hydroxyl groups excluding tert-OH is 4. The zero-order valence-corrected chi connectivity index (χ0v) is 35.2. The van der Waals surface area contributed by atoms with Crippen LogP contribution in [0.3, 0.4) is 0 Å². The average Bonchev–Trinajstić information content (AvgIpc) is 3.18. The van der Waals surface area contributed by atoms with E-state index >= 15 is 0 Å². The summed E-state index contributed by atoms with van der Waals surface area (Å²) in [5.74, 6) is -0.807. The minimum Gasteiger partial charge on any atom is -0.462 e. The Balaban J connectivity index is 2.29. The molecule has 0 spiro atoms. The average molecular weight is 785 g/mol. The van der Waals surface area contributed by atoms with Gasteiger partial charge in [0.1, 0.15) is 31.0 Å². The minimum absolute atomic E-state index is 0.215. The lowest BCUT2D eigenvalue weighted by Gasteiger charge is -2.39. The Morgan fingerprint density at radius 2 is 0.964 bits per heavy atom. The van der Waals surface area contributed by atoms with Crippen LogP contribution in [-0.2, 0) is 28.5 Å². The van der Waals surface area contributed by atoms with Gasteiger partial charge in [0.25, 0.3) is 0 Å². The lowest BCUT2D eigenvalue weighted by Crippen LogP contribution is -2.59. The molecule has 0 aliphatic carbocycles. The molecule has 1 heterocycles. The number of rotatable bonds is 38. The van der Waals surface area contributed by atoms with Crippen molar-refractivity contribution in [3.63, 3.8) is 0 Å². The number of hydrogen-bond donors (Lipinski definition) is 4. The Morgan fingerprint density at radius 3 is 1.45 bits per heavy atom. The normalized spacial score (nSPS) is 20.6. The highest BCUT2D eigenvalue weighted by Gasteiger charge is 2.44. The van der Waals surface area contributed by atoms with E-state index in [-0.39, 0.29) is 32.0 Å². The van der Waals surface area contributed by atoms with Crippen LogP contribution in [0.25, 0.3) is 0 Å². The molecule has 0 aromatic rings. The zero-order valence-electron chi connectivity index (χ0n) is 35.2. The van der Waals surface area contributed by atoms with Gasteiger partial charge in [0.15, 0.2) is 12.4 Å². The predicted molar refractivity (Wildman–Crippen MR) is 220 cm³/mol. The van der Waals surface area contributed by atoms with E-state index < -0.39 is 49.4 Å². The molecule has 4 N–H and O–H groups in total. The van der Waals surface area contributed by atoms with Crippen LogP contribution >= 0.6 is 0 Å². The highest BCUT2D eigenvalue weighted by atomic mass is 16.7. The summed E-state index contributed by atoms with van der Waals surface area (Å²) in [5, 5.41) is 40.0. The Labute approximate surface area is 335 Å². The second-order valence-electron chi connectivity index (χ2n) is 15.9. The molecule has 0 saturated carbocycles. The Hall–Kier alpha value is -1.56. The van der Waals surface area contributed by atoms with Crippen LogP contribution in [0, 0.1) is 0 Å². The summed E-state index contributed by atoms with van der Waals surface area (Å²) in [4.78, 5) is 25.3. The highest BCUT2D eigenvalue weighted by Crippen LogP contribution is 2.23. The molecule has 6 atom stereocenters. The van der Waals surface area contributed by atoms with Crippen LogP contribution in [0.15, 0.2) is 12.2 Å². The van der Waals surface area contributed by atoms with Crippen molar-refractivity contribution in [3.8, 4) is 0 Å². The van der Waals surface area contributed by atoms with E-state index in [0.29, 0.717) is 6.42 Å². The van der Waals surface area contributed by atoms with Crippen molar-refractivity contribution in [2.45, 2.75) is 243 Å². The van der Waals surface area contributed by atoms with Gasteiger partial charge in [0.2, 0.25) is 0 Å². The van der Waals surface area contributed by atoms with Crippen LogP contribution in [0.5, 0.6) is 0 Å². The van der Waals surface area contributed by atoms with Crippen molar-refractivity contribution >= 4 is 11.9 Å². The predicted octanol–water partition coefficient (Wildman–Crippen LogP) is 9.56. The lowest BCUT2D eigenvalue weighted by atomic mass is 9.99. The molecule has 55 heavy (non-hydrogen) atoms. The van der Waals surface area contributed by atoms with Gasteiger partial charge in [-0.3, -0.25) is 9.59 Å². The monoisotopic (exact) mass is 785 g/mol. The SMILES string of the molecule is CCCCC/C=C\CCCCCCCC(=O)OC(COC(=O)CCCCCCCCCCCCCCCCCCCC)COC1OC(CO)C(O)C(O)C1O. The molecular formula is C45H84O10. The summed E-state index contributed by atoms with van der Waals surface area (Å²) in [6, 6.07) is 0. The molecule has 10 heteroatoms. The first-order valence-corrected chi connectivity index (χ1v) is 22.8. The smallest absolute Gasteiger partial charge is 0.306 e. The number of aliphatic hydroxyl groups is 4. The molecule has 1 aliphatic rings. The molecule has 10 nitrogen and oxygen atoms in total. The fourth-order valence-electron chi connectivity index (χ4n) is 7.01. The number of unbranched alkanes of at least 4 members (excludes halogenated alkanes) is 25.